The van der Waals surface area contributed by atoms with Gasteiger partial charge in [0.05, 0.1) is 12.3 Å². The fraction of sp³-hybridized carbons (Fsp3) is 0.273. The highest BCUT2D eigenvalue weighted by molar-refractivity contribution is 7.89. The van der Waals surface area contributed by atoms with Crippen LogP contribution in [0.5, 0.6) is 0 Å². The number of β-lactam (4-membered cyclic amide) rings is 1. The minimum absolute atomic E-state index is 0.140. The summed E-state index contributed by atoms with van der Waals surface area (Å²) in [4.78, 5) is 50.4. The third kappa shape index (κ3) is 8.47. The Balaban J connectivity index is 1.74. The molecule has 4 amide bonds. The molecule has 0 aliphatic carbocycles. The minimum atomic E-state index is -4.80. The summed E-state index contributed by atoms with van der Waals surface area (Å²) in [6.45, 7) is -0.719. The predicted molar refractivity (Wildman–Crippen MR) is 134 cm³/mol. The first-order valence-electron chi connectivity index (χ1n) is 11.2. The van der Waals surface area contributed by atoms with E-state index >= 15 is 0 Å². The molecular formula is C22H25N5O10S2. The Morgan fingerprint density at radius 2 is 1.56 bits per heavy atom. The van der Waals surface area contributed by atoms with E-state index in [1.807, 2.05) is 0 Å². The molecule has 3 atom stereocenters. The van der Waals surface area contributed by atoms with Crippen molar-refractivity contribution in [3.05, 3.63) is 71.8 Å². The van der Waals surface area contributed by atoms with Crippen LogP contribution in [0, 0.1) is 0 Å². The highest BCUT2D eigenvalue weighted by Crippen LogP contribution is 2.18. The molecule has 17 heteroatoms. The van der Waals surface area contributed by atoms with E-state index in [1.165, 1.54) is 24.3 Å². The number of carbonyl (C=O) groups excluding carboxylic acids is 4. The summed E-state index contributed by atoms with van der Waals surface area (Å²) in [5.41, 5.74) is 0.835. The van der Waals surface area contributed by atoms with Crippen molar-refractivity contribution in [2.75, 3.05) is 12.3 Å². The van der Waals surface area contributed by atoms with Crippen molar-refractivity contribution in [2.45, 2.75) is 24.7 Å². The first kappa shape index (κ1) is 29.5. The number of carbonyl (C=O) groups is 4. The monoisotopic (exact) mass is 583 g/mol. The molecule has 1 fully saturated rings. The Hall–Kier alpha value is -4.06. The van der Waals surface area contributed by atoms with Gasteiger partial charge in [0.15, 0.2) is 0 Å². The fourth-order valence-electron chi connectivity index (χ4n) is 3.48. The summed E-state index contributed by atoms with van der Waals surface area (Å²) in [6.07, 6.45) is -1.13. The lowest BCUT2D eigenvalue weighted by atomic mass is 10.0. The quantitative estimate of drug-likeness (QED) is 0.153. The number of hydrogen-bond donors (Lipinski definition) is 5. The number of rotatable bonds is 11. The Bertz CT molecular complexity index is 1440. The molecule has 2 aromatic rings. The van der Waals surface area contributed by atoms with Crippen molar-refractivity contribution in [3.8, 4) is 0 Å². The SMILES string of the molecule is NS(=O)(=O)CC(NC(=O)OCc1ccccc1)C(=O)NC(C(=O)NC1CN(S(=O)(=O)O)C1=O)c1ccccc1. The van der Waals surface area contributed by atoms with Crippen LogP contribution in [0.25, 0.3) is 0 Å². The van der Waals surface area contributed by atoms with E-state index in [9.17, 15) is 36.0 Å². The van der Waals surface area contributed by atoms with Crippen LogP contribution in [0.1, 0.15) is 17.2 Å². The molecule has 0 aromatic heterocycles. The van der Waals surface area contributed by atoms with Gasteiger partial charge in [0.2, 0.25) is 21.8 Å². The molecule has 0 bridgehead atoms. The molecule has 0 radical (unpaired) electrons. The number of nitrogens with two attached hydrogens (primary N) is 1. The van der Waals surface area contributed by atoms with E-state index in [0.717, 1.165) is 0 Å². The van der Waals surface area contributed by atoms with Crippen molar-refractivity contribution in [3.63, 3.8) is 0 Å². The first-order valence-corrected chi connectivity index (χ1v) is 14.3. The van der Waals surface area contributed by atoms with Crippen LogP contribution in [0.3, 0.4) is 0 Å². The Kier molecular flexibility index (Phi) is 9.23. The first-order chi connectivity index (χ1) is 18.2. The largest absolute Gasteiger partial charge is 0.445 e. The van der Waals surface area contributed by atoms with Crippen LogP contribution in [0.2, 0.25) is 0 Å². The van der Waals surface area contributed by atoms with E-state index in [2.05, 4.69) is 16.0 Å². The summed E-state index contributed by atoms with van der Waals surface area (Å²) in [7, 11) is -9.10. The van der Waals surface area contributed by atoms with Crippen LogP contribution in [-0.4, -0.2) is 73.9 Å². The van der Waals surface area contributed by atoms with Gasteiger partial charge in [-0.15, -0.1) is 0 Å². The van der Waals surface area contributed by atoms with Crippen LogP contribution < -0.4 is 21.1 Å². The third-order valence-corrected chi connectivity index (χ3v) is 7.07. The number of nitrogens with one attached hydrogen (secondary N) is 3. The topological polar surface area (TPSA) is 231 Å². The van der Waals surface area contributed by atoms with Gasteiger partial charge in [-0.1, -0.05) is 60.7 Å². The van der Waals surface area contributed by atoms with Gasteiger partial charge in [-0.3, -0.25) is 18.9 Å². The van der Waals surface area contributed by atoms with Crippen LogP contribution in [0.15, 0.2) is 60.7 Å². The Morgan fingerprint density at radius 3 is 2.10 bits per heavy atom. The highest BCUT2D eigenvalue weighted by atomic mass is 32.2. The Labute approximate surface area is 223 Å². The van der Waals surface area contributed by atoms with E-state index in [0.29, 0.717) is 5.56 Å². The second-order valence-corrected chi connectivity index (χ2v) is 11.3. The maximum Gasteiger partial charge on any atom is 0.408 e. The number of hydrogen-bond acceptors (Lipinski definition) is 9. The third-order valence-electron chi connectivity index (χ3n) is 5.39. The molecule has 15 nitrogen and oxygen atoms in total. The highest BCUT2D eigenvalue weighted by Gasteiger charge is 2.45. The molecule has 1 aliphatic rings. The van der Waals surface area contributed by atoms with Crippen molar-refractivity contribution < 1.29 is 45.3 Å². The van der Waals surface area contributed by atoms with Crippen molar-refractivity contribution in [1.29, 1.82) is 0 Å². The molecule has 39 heavy (non-hydrogen) atoms. The molecule has 2 aromatic carbocycles. The minimum Gasteiger partial charge on any atom is -0.445 e. The molecule has 3 rings (SSSR count). The number of amides is 4. The second-order valence-electron chi connectivity index (χ2n) is 8.35. The van der Waals surface area contributed by atoms with E-state index in [4.69, 9.17) is 14.4 Å². The van der Waals surface area contributed by atoms with E-state index < -0.39 is 74.6 Å². The molecule has 1 heterocycles. The smallest absolute Gasteiger partial charge is 0.408 e. The van der Waals surface area contributed by atoms with Crippen molar-refractivity contribution in [2.24, 2.45) is 5.14 Å². The number of alkyl carbamates (subject to hydrolysis) is 1. The Morgan fingerprint density at radius 1 is 0.974 bits per heavy atom. The van der Waals surface area contributed by atoms with Gasteiger partial charge in [0.25, 0.3) is 5.91 Å². The van der Waals surface area contributed by atoms with Gasteiger partial charge < -0.3 is 20.7 Å². The van der Waals surface area contributed by atoms with Gasteiger partial charge in [0, 0.05) is 0 Å². The molecule has 1 aliphatic heterocycles. The fourth-order valence-corrected chi connectivity index (χ4v) is 4.87. The van der Waals surface area contributed by atoms with Gasteiger partial charge in [0.1, 0.15) is 24.7 Å². The zero-order valence-electron chi connectivity index (χ0n) is 20.1. The lowest BCUT2D eigenvalue weighted by Gasteiger charge is -2.36. The molecule has 3 unspecified atom stereocenters. The van der Waals surface area contributed by atoms with Crippen molar-refractivity contribution in [1.82, 2.24) is 20.3 Å². The average Bonchev–Trinajstić information content (AvgIpc) is 2.87. The summed E-state index contributed by atoms with van der Waals surface area (Å²) in [6, 6.07) is 11.5. The van der Waals surface area contributed by atoms with Gasteiger partial charge in [-0.05, 0) is 11.1 Å². The number of sulfonamides is 1. The standard InChI is InChI=1S/C22H25N5O10S2/c23-38(32,33)13-17(25-22(31)37-12-14-7-3-1-4-8-14)19(28)26-18(15-9-5-2-6-10-15)20(29)24-16-11-27(21(16)30)39(34,35)36/h1-10,16-18H,11-13H2,(H,24,29)(H,25,31)(H,26,28)(H2,23,32,33)(H,34,35,36). The second kappa shape index (κ2) is 12.2. The van der Waals surface area contributed by atoms with Gasteiger partial charge in [-0.25, -0.2) is 22.7 Å². The maximum absolute atomic E-state index is 13.1. The molecule has 0 spiro atoms. The summed E-state index contributed by atoms with van der Waals surface area (Å²) < 4.78 is 60.0. The van der Waals surface area contributed by atoms with Crippen LogP contribution >= 0.6 is 0 Å². The summed E-state index contributed by atoms with van der Waals surface area (Å²) in [5, 5.41) is 11.8. The molecular weight excluding hydrogens is 558 g/mol. The maximum atomic E-state index is 13.1. The normalized spacial score (nSPS) is 16.8. The predicted octanol–water partition coefficient (Wildman–Crippen LogP) is -1.44. The lowest BCUT2D eigenvalue weighted by Crippen LogP contribution is -2.66. The zero-order chi connectivity index (χ0) is 28.8. The van der Waals surface area contributed by atoms with Gasteiger partial charge in [-0.2, -0.15) is 8.42 Å². The zero-order valence-corrected chi connectivity index (χ0v) is 21.7. The summed E-state index contributed by atoms with van der Waals surface area (Å²) >= 11 is 0. The molecule has 1 saturated heterocycles. The van der Waals surface area contributed by atoms with Crippen LogP contribution in [-0.2, 0) is 46.1 Å². The molecule has 6 N–H and O–H groups in total. The molecule has 210 valence electrons. The molecule has 0 saturated carbocycles. The lowest BCUT2D eigenvalue weighted by molar-refractivity contribution is -0.141. The number of benzene rings is 2. The summed E-state index contributed by atoms with van der Waals surface area (Å²) in [5.74, 6) is -4.21. The number of ether oxygens (including phenoxy) is 1. The van der Waals surface area contributed by atoms with E-state index in [1.54, 1.807) is 36.4 Å². The van der Waals surface area contributed by atoms with Crippen molar-refractivity contribution >= 4 is 44.1 Å². The van der Waals surface area contributed by atoms with Crippen LogP contribution in [0.4, 0.5) is 4.79 Å². The number of primary sulfonamides is 1. The number of nitrogens with zero attached hydrogens (tertiary/aromatic N) is 1. The van der Waals surface area contributed by atoms with E-state index in [-0.39, 0.29) is 16.5 Å². The average molecular weight is 584 g/mol. The van der Waals surface area contributed by atoms with Gasteiger partial charge >= 0.3 is 16.4 Å².